The lowest BCUT2D eigenvalue weighted by Gasteiger charge is -2.44. The fourth-order valence-corrected chi connectivity index (χ4v) is 4.89. The molecule has 0 saturated carbocycles. The molecule has 1 unspecified atom stereocenters. The molecule has 0 fully saturated rings. The van der Waals surface area contributed by atoms with Crippen LogP contribution in [0.3, 0.4) is 0 Å². The van der Waals surface area contributed by atoms with Gasteiger partial charge in [-0.25, -0.2) is 0 Å². The van der Waals surface area contributed by atoms with Crippen molar-refractivity contribution in [1.82, 2.24) is 0 Å². The van der Waals surface area contributed by atoms with E-state index in [1.54, 1.807) is 6.07 Å². The van der Waals surface area contributed by atoms with Crippen LogP contribution in [0.25, 0.3) is 0 Å². The van der Waals surface area contributed by atoms with Crippen LogP contribution < -0.4 is 5.32 Å². The van der Waals surface area contributed by atoms with E-state index >= 15 is 0 Å². The molecule has 3 aliphatic carbocycles. The van der Waals surface area contributed by atoms with Crippen LogP contribution in [0.15, 0.2) is 72.8 Å². The van der Waals surface area contributed by atoms with Gasteiger partial charge in [-0.3, -0.25) is 4.79 Å². The number of rotatable bonds is 2. The minimum atomic E-state index is -0.0659. The number of fused-ring (bicyclic) bond motifs is 1. The molecule has 3 aromatic rings. The van der Waals surface area contributed by atoms with Gasteiger partial charge in [-0.15, -0.1) is 0 Å². The first-order valence-electron chi connectivity index (χ1n) is 8.96. The van der Waals surface area contributed by atoms with Gasteiger partial charge in [0.2, 0.25) is 5.91 Å². The minimum absolute atomic E-state index is 0.0659. The second kappa shape index (κ2) is 6.00. The molecule has 26 heavy (non-hydrogen) atoms. The second-order valence-corrected chi connectivity index (χ2v) is 7.57. The van der Waals surface area contributed by atoms with E-state index in [1.807, 2.05) is 18.2 Å². The number of benzene rings is 3. The predicted molar refractivity (Wildman–Crippen MR) is 105 cm³/mol. The molecule has 1 N–H and O–H groups in total. The highest BCUT2D eigenvalue weighted by Gasteiger charge is 2.45. The largest absolute Gasteiger partial charge is 0.326 e. The van der Waals surface area contributed by atoms with Gasteiger partial charge in [-0.05, 0) is 46.9 Å². The van der Waals surface area contributed by atoms with Crippen LogP contribution >= 0.6 is 11.6 Å². The summed E-state index contributed by atoms with van der Waals surface area (Å²) in [4.78, 5) is 13.1. The average Bonchev–Trinajstić information content (AvgIpc) is 2.68. The highest BCUT2D eigenvalue weighted by Crippen LogP contribution is 2.55. The Labute approximate surface area is 157 Å². The normalized spacial score (nSPS) is 22.4. The number of hydrogen-bond donors (Lipinski definition) is 1. The minimum Gasteiger partial charge on any atom is -0.326 e. The third-order valence-electron chi connectivity index (χ3n) is 5.73. The van der Waals surface area contributed by atoms with Crippen molar-refractivity contribution < 1.29 is 4.79 Å². The Morgan fingerprint density at radius 1 is 0.846 bits per heavy atom. The third kappa shape index (κ3) is 2.37. The molecular weight excluding hydrogens is 342 g/mol. The van der Waals surface area contributed by atoms with E-state index in [0.29, 0.717) is 10.9 Å². The van der Waals surface area contributed by atoms with Crippen molar-refractivity contribution in [2.75, 3.05) is 5.32 Å². The van der Waals surface area contributed by atoms with Gasteiger partial charge in [0.1, 0.15) is 0 Å². The van der Waals surface area contributed by atoms with E-state index in [9.17, 15) is 4.79 Å². The molecule has 3 aliphatic rings. The van der Waals surface area contributed by atoms with Gasteiger partial charge in [-0.2, -0.15) is 0 Å². The maximum absolute atomic E-state index is 13.1. The SMILES string of the molecule is O=C(Nc1cccc(Cl)c1)C1CC2c3ccccc3C1c1ccccc12. The van der Waals surface area contributed by atoms with Crippen LogP contribution in [0.2, 0.25) is 5.02 Å². The fourth-order valence-electron chi connectivity index (χ4n) is 4.70. The van der Waals surface area contributed by atoms with Crippen LogP contribution in [0, 0.1) is 5.92 Å². The lowest BCUT2D eigenvalue weighted by Crippen LogP contribution is -2.38. The fraction of sp³-hybridized carbons (Fsp3) is 0.174. The Balaban J connectivity index is 1.55. The molecule has 0 heterocycles. The summed E-state index contributed by atoms with van der Waals surface area (Å²) in [6.07, 6.45) is 0.852. The zero-order valence-corrected chi connectivity index (χ0v) is 14.9. The number of hydrogen-bond acceptors (Lipinski definition) is 1. The van der Waals surface area contributed by atoms with Crippen molar-refractivity contribution >= 4 is 23.2 Å². The number of anilines is 1. The molecule has 0 saturated heterocycles. The summed E-state index contributed by atoms with van der Waals surface area (Å²) in [5.74, 6) is 0.421. The van der Waals surface area contributed by atoms with Crippen LogP contribution in [0.4, 0.5) is 5.69 Å². The molecule has 1 amide bonds. The molecule has 1 atom stereocenters. The van der Waals surface area contributed by atoms with Gasteiger partial charge in [0, 0.05) is 22.5 Å². The molecule has 6 rings (SSSR count). The van der Waals surface area contributed by atoms with Crippen molar-refractivity contribution in [3.8, 4) is 0 Å². The molecule has 3 heteroatoms. The number of halogens is 1. The van der Waals surface area contributed by atoms with Gasteiger partial charge < -0.3 is 5.32 Å². The highest BCUT2D eigenvalue weighted by molar-refractivity contribution is 6.30. The van der Waals surface area contributed by atoms with Crippen molar-refractivity contribution in [3.05, 3.63) is 100 Å². The Bertz CT molecular complexity index is 965. The van der Waals surface area contributed by atoms with Crippen molar-refractivity contribution in [2.24, 2.45) is 5.92 Å². The maximum atomic E-state index is 13.1. The van der Waals surface area contributed by atoms with E-state index in [-0.39, 0.29) is 17.7 Å². The van der Waals surface area contributed by atoms with E-state index in [1.165, 1.54) is 22.3 Å². The summed E-state index contributed by atoms with van der Waals surface area (Å²) in [6.45, 7) is 0. The van der Waals surface area contributed by atoms with Crippen LogP contribution in [-0.2, 0) is 4.79 Å². The van der Waals surface area contributed by atoms with Gasteiger partial charge >= 0.3 is 0 Å². The molecule has 0 spiro atoms. The van der Waals surface area contributed by atoms with Gasteiger partial charge in [0.05, 0.1) is 5.92 Å². The molecule has 0 radical (unpaired) electrons. The van der Waals surface area contributed by atoms with Gasteiger partial charge in [0.25, 0.3) is 0 Å². The second-order valence-electron chi connectivity index (χ2n) is 7.13. The number of carbonyl (C=O) groups excluding carboxylic acids is 1. The monoisotopic (exact) mass is 359 g/mol. The van der Waals surface area contributed by atoms with Gasteiger partial charge in [0.15, 0.2) is 0 Å². The molecular formula is C23H18ClNO. The van der Waals surface area contributed by atoms with Crippen LogP contribution in [0.5, 0.6) is 0 Å². The first kappa shape index (κ1) is 15.7. The number of carbonyl (C=O) groups is 1. The third-order valence-corrected chi connectivity index (χ3v) is 5.97. The predicted octanol–water partition coefficient (Wildman–Crippen LogP) is 5.58. The first-order valence-corrected chi connectivity index (χ1v) is 9.34. The Kier molecular flexibility index (Phi) is 3.61. The smallest absolute Gasteiger partial charge is 0.228 e. The average molecular weight is 360 g/mol. The molecule has 2 nitrogen and oxygen atoms in total. The highest BCUT2D eigenvalue weighted by atomic mass is 35.5. The zero-order chi connectivity index (χ0) is 17.7. The molecule has 0 aromatic heterocycles. The van der Waals surface area contributed by atoms with E-state index < -0.39 is 0 Å². The Hall–Kier alpha value is -2.58. The van der Waals surface area contributed by atoms with Gasteiger partial charge in [-0.1, -0.05) is 66.2 Å². The molecule has 2 bridgehead atoms. The molecule has 128 valence electrons. The number of amides is 1. The summed E-state index contributed by atoms with van der Waals surface area (Å²) in [5, 5.41) is 3.70. The quantitative estimate of drug-likeness (QED) is 0.636. The lowest BCUT2D eigenvalue weighted by molar-refractivity contribution is -0.121. The summed E-state index contributed by atoms with van der Waals surface area (Å²) in [6, 6.07) is 24.5. The van der Waals surface area contributed by atoms with E-state index in [4.69, 9.17) is 11.6 Å². The van der Waals surface area contributed by atoms with Crippen LogP contribution in [-0.4, -0.2) is 5.91 Å². The standard InChI is InChI=1S/C23H18ClNO/c24-14-6-5-7-15(12-14)25-23(26)21-13-20-16-8-1-3-10-18(16)22(21)19-11-4-2-9-17(19)20/h1-12,20-22H,13H2,(H,25,26). The Morgan fingerprint density at radius 3 is 2.08 bits per heavy atom. The van der Waals surface area contributed by atoms with E-state index in [2.05, 4.69) is 53.8 Å². The first-order chi connectivity index (χ1) is 12.7. The van der Waals surface area contributed by atoms with Crippen molar-refractivity contribution in [2.45, 2.75) is 18.3 Å². The topological polar surface area (TPSA) is 29.1 Å². The number of nitrogens with one attached hydrogen (secondary N) is 1. The summed E-state index contributed by atoms with van der Waals surface area (Å²) < 4.78 is 0. The maximum Gasteiger partial charge on any atom is 0.228 e. The summed E-state index contributed by atoms with van der Waals surface area (Å²) in [7, 11) is 0. The Morgan fingerprint density at radius 2 is 1.46 bits per heavy atom. The van der Waals surface area contributed by atoms with E-state index in [0.717, 1.165) is 12.1 Å². The van der Waals surface area contributed by atoms with Crippen molar-refractivity contribution in [3.63, 3.8) is 0 Å². The lowest BCUT2D eigenvalue weighted by atomic mass is 9.59. The zero-order valence-electron chi connectivity index (χ0n) is 14.2. The molecule has 3 aromatic carbocycles. The van der Waals surface area contributed by atoms with Crippen LogP contribution in [0.1, 0.15) is 40.5 Å². The summed E-state index contributed by atoms with van der Waals surface area (Å²) >= 11 is 6.06. The van der Waals surface area contributed by atoms with Crippen molar-refractivity contribution in [1.29, 1.82) is 0 Å². The molecule has 0 aliphatic heterocycles. The summed E-state index contributed by atoms with van der Waals surface area (Å²) in [5.41, 5.74) is 6.11.